The lowest BCUT2D eigenvalue weighted by atomic mass is 9.95. The number of carbonyl (C=O) groups excluding carboxylic acids is 1. The largest absolute Gasteiger partial charge is 0.465 e. The number of rotatable bonds is 7. The Hall–Kier alpha value is -1.85. The lowest BCUT2D eigenvalue weighted by molar-refractivity contribution is -0.120. The van der Waals surface area contributed by atoms with Crippen LogP contribution in [0.2, 0.25) is 16.6 Å². The normalized spacial score (nSPS) is 13.0. The number of carboxylic acid groups (broad SMARTS) is 1. The van der Waals surface area contributed by atoms with Gasteiger partial charge in [-0.05, 0) is 57.0 Å². The SMILES string of the molecule is CC(C(=O)Nc1ccc(Br)c(C#C[Si](C(C)C)(C(C)C)C(C)C)n1)N(CC(C)(C)C)C(=O)O. The lowest BCUT2D eigenvalue weighted by Gasteiger charge is -2.38. The first-order chi connectivity index (χ1) is 15.0. The number of amides is 2. The molecule has 0 spiro atoms. The number of halogens is 1. The summed E-state index contributed by atoms with van der Waals surface area (Å²) >= 11 is 3.53. The van der Waals surface area contributed by atoms with Gasteiger partial charge in [-0.3, -0.25) is 9.69 Å². The monoisotopic (exact) mass is 537 g/mol. The third kappa shape index (κ3) is 7.58. The topological polar surface area (TPSA) is 82.5 Å². The molecule has 2 amide bonds. The maximum atomic E-state index is 12.8. The van der Waals surface area contributed by atoms with Gasteiger partial charge in [0.15, 0.2) is 0 Å². The number of hydrogen-bond donors (Lipinski definition) is 2. The zero-order valence-corrected chi connectivity index (χ0v) is 24.3. The summed E-state index contributed by atoms with van der Waals surface area (Å²) in [6.07, 6.45) is -1.12. The van der Waals surface area contributed by atoms with Gasteiger partial charge in [-0.1, -0.05) is 68.2 Å². The second-order valence-electron chi connectivity index (χ2n) is 10.8. The zero-order valence-electron chi connectivity index (χ0n) is 21.7. The summed E-state index contributed by atoms with van der Waals surface area (Å²) in [5.74, 6) is 3.24. The predicted molar refractivity (Wildman–Crippen MR) is 142 cm³/mol. The molecular formula is C25H40BrN3O3Si. The third-order valence-corrected chi connectivity index (χ3v) is 13.0. The zero-order chi connectivity index (χ0) is 25.7. The number of carbonyl (C=O) groups is 2. The summed E-state index contributed by atoms with van der Waals surface area (Å²) < 4.78 is 0.764. The third-order valence-electron chi connectivity index (χ3n) is 6.10. The van der Waals surface area contributed by atoms with Crippen molar-refractivity contribution in [3.8, 4) is 11.5 Å². The average molecular weight is 539 g/mol. The van der Waals surface area contributed by atoms with Gasteiger partial charge in [-0.15, -0.1) is 5.54 Å². The molecule has 0 saturated carbocycles. The molecule has 1 aromatic heterocycles. The number of hydrogen-bond acceptors (Lipinski definition) is 3. The summed E-state index contributed by atoms with van der Waals surface area (Å²) in [4.78, 5) is 30.3. The van der Waals surface area contributed by atoms with Crippen LogP contribution < -0.4 is 5.32 Å². The van der Waals surface area contributed by atoms with Gasteiger partial charge in [0.25, 0.3) is 0 Å². The average Bonchev–Trinajstić information content (AvgIpc) is 2.66. The van der Waals surface area contributed by atoms with E-state index in [9.17, 15) is 14.7 Å². The van der Waals surface area contributed by atoms with Crippen LogP contribution in [0, 0.1) is 16.9 Å². The minimum atomic E-state index is -1.93. The van der Waals surface area contributed by atoms with E-state index in [0.717, 1.165) is 9.37 Å². The second-order valence-corrected chi connectivity index (χ2v) is 17.2. The first-order valence-corrected chi connectivity index (χ1v) is 14.6. The van der Waals surface area contributed by atoms with E-state index in [0.29, 0.717) is 28.1 Å². The summed E-state index contributed by atoms with van der Waals surface area (Å²) in [5, 5.41) is 12.4. The van der Waals surface area contributed by atoms with Gasteiger partial charge in [0, 0.05) is 6.54 Å². The molecule has 33 heavy (non-hydrogen) atoms. The van der Waals surface area contributed by atoms with Crippen LogP contribution in [0.5, 0.6) is 0 Å². The van der Waals surface area contributed by atoms with E-state index in [1.807, 2.05) is 26.8 Å². The molecule has 1 aromatic rings. The van der Waals surface area contributed by atoms with Crippen LogP contribution in [-0.4, -0.2) is 47.7 Å². The van der Waals surface area contributed by atoms with Gasteiger partial charge in [0.2, 0.25) is 5.91 Å². The molecule has 0 aromatic carbocycles. The summed E-state index contributed by atoms with van der Waals surface area (Å²) in [5.41, 5.74) is 5.44. The molecule has 1 heterocycles. The van der Waals surface area contributed by atoms with E-state index >= 15 is 0 Å². The molecule has 0 radical (unpaired) electrons. The number of anilines is 1. The van der Waals surface area contributed by atoms with Crippen LogP contribution in [0.3, 0.4) is 0 Å². The van der Waals surface area contributed by atoms with Gasteiger partial charge in [0.05, 0.1) is 4.47 Å². The molecule has 184 valence electrons. The Morgan fingerprint density at radius 2 is 1.61 bits per heavy atom. The van der Waals surface area contributed by atoms with Crippen molar-refractivity contribution in [2.75, 3.05) is 11.9 Å². The molecule has 0 aliphatic heterocycles. The molecule has 1 atom stereocenters. The van der Waals surface area contributed by atoms with Crippen LogP contribution in [0.4, 0.5) is 10.6 Å². The van der Waals surface area contributed by atoms with Crippen molar-refractivity contribution < 1.29 is 14.7 Å². The van der Waals surface area contributed by atoms with Crippen LogP contribution >= 0.6 is 15.9 Å². The van der Waals surface area contributed by atoms with Crippen molar-refractivity contribution in [1.82, 2.24) is 9.88 Å². The quantitative estimate of drug-likeness (QED) is 0.297. The van der Waals surface area contributed by atoms with E-state index in [1.165, 1.54) is 0 Å². The first kappa shape index (κ1) is 29.2. The Bertz CT molecular complexity index is 892. The summed E-state index contributed by atoms with van der Waals surface area (Å²) in [6, 6.07) is 2.64. The number of nitrogens with zero attached hydrogens (tertiary/aromatic N) is 2. The molecule has 0 aliphatic rings. The maximum Gasteiger partial charge on any atom is 0.407 e. The number of aromatic nitrogens is 1. The smallest absolute Gasteiger partial charge is 0.407 e. The van der Waals surface area contributed by atoms with Crippen molar-refractivity contribution in [3.63, 3.8) is 0 Å². The van der Waals surface area contributed by atoms with Gasteiger partial charge in [-0.2, -0.15) is 0 Å². The van der Waals surface area contributed by atoms with Crippen molar-refractivity contribution in [1.29, 1.82) is 0 Å². The highest BCUT2D eigenvalue weighted by atomic mass is 79.9. The van der Waals surface area contributed by atoms with Gasteiger partial charge < -0.3 is 10.4 Å². The minimum absolute atomic E-state index is 0.244. The Morgan fingerprint density at radius 3 is 2.03 bits per heavy atom. The maximum absolute atomic E-state index is 12.8. The molecule has 1 unspecified atom stereocenters. The van der Waals surface area contributed by atoms with Gasteiger partial charge in [0.1, 0.15) is 25.6 Å². The van der Waals surface area contributed by atoms with E-state index in [2.05, 4.69) is 79.2 Å². The van der Waals surface area contributed by atoms with E-state index in [1.54, 1.807) is 13.0 Å². The molecule has 0 saturated heterocycles. The lowest BCUT2D eigenvalue weighted by Crippen LogP contribution is -2.48. The fraction of sp³-hybridized carbons (Fsp3) is 0.640. The van der Waals surface area contributed by atoms with E-state index < -0.39 is 26.1 Å². The number of nitrogens with one attached hydrogen (secondary N) is 1. The highest BCUT2D eigenvalue weighted by molar-refractivity contribution is 9.10. The first-order valence-electron chi connectivity index (χ1n) is 11.5. The Balaban J connectivity index is 3.24. The standard InChI is InChI=1S/C25H40BrN3O3Si/c1-16(2)33(17(3)4,18(5)6)14-13-21-20(26)11-12-22(27-21)28-23(30)19(7)29(24(31)32)15-25(8,9)10/h11-12,16-19H,15H2,1-10H3,(H,31,32)(H,27,28,30). The van der Waals surface area contributed by atoms with Crippen LogP contribution in [0.1, 0.15) is 74.9 Å². The van der Waals surface area contributed by atoms with E-state index in [-0.39, 0.29) is 12.0 Å². The Labute approximate surface area is 209 Å². The van der Waals surface area contributed by atoms with Crippen molar-refractivity contribution in [3.05, 3.63) is 22.3 Å². The van der Waals surface area contributed by atoms with Crippen LogP contribution in [-0.2, 0) is 4.79 Å². The number of pyridine rings is 1. The van der Waals surface area contributed by atoms with E-state index in [4.69, 9.17) is 0 Å². The molecular weight excluding hydrogens is 498 g/mol. The minimum Gasteiger partial charge on any atom is -0.465 e. The van der Waals surface area contributed by atoms with Gasteiger partial charge in [-0.25, -0.2) is 9.78 Å². The molecule has 6 nitrogen and oxygen atoms in total. The fourth-order valence-corrected chi connectivity index (χ4v) is 9.97. The van der Waals surface area contributed by atoms with Crippen molar-refractivity contribution >= 4 is 41.8 Å². The van der Waals surface area contributed by atoms with Crippen LogP contribution in [0.15, 0.2) is 16.6 Å². The highest BCUT2D eigenvalue weighted by Crippen LogP contribution is 2.40. The highest BCUT2D eigenvalue weighted by Gasteiger charge is 2.41. The molecule has 0 aliphatic carbocycles. The molecule has 8 heteroatoms. The summed E-state index contributed by atoms with van der Waals surface area (Å²) in [6.45, 7) is 21.2. The summed E-state index contributed by atoms with van der Waals surface area (Å²) in [7, 11) is -1.93. The Kier molecular flexibility index (Phi) is 10.2. The molecule has 0 fully saturated rings. The molecule has 2 N–H and O–H groups in total. The Morgan fingerprint density at radius 1 is 1.09 bits per heavy atom. The van der Waals surface area contributed by atoms with Crippen LogP contribution in [0.25, 0.3) is 0 Å². The second kappa shape index (κ2) is 11.5. The fourth-order valence-electron chi connectivity index (χ4n) is 4.45. The predicted octanol–water partition coefficient (Wildman–Crippen LogP) is 6.77. The molecule has 1 rings (SSSR count). The molecule has 0 bridgehead atoms. The van der Waals surface area contributed by atoms with Gasteiger partial charge >= 0.3 is 6.09 Å². The van der Waals surface area contributed by atoms with Crippen molar-refractivity contribution in [2.24, 2.45) is 5.41 Å². The van der Waals surface area contributed by atoms with Crippen molar-refractivity contribution in [2.45, 2.75) is 91.9 Å².